The Kier molecular flexibility index (Phi) is 3.34. The number of H-pyrrole nitrogens is 1. The third-order valence-electron chi connectivity index (χ3n) is 3.40. The molecule has 10 heteroatoms. The van der Waals surface area contributed by atoms with Crippen LogP contribution in [-0.2, 0) is 15.1 Å². The number of rotatable bonds is 4. The van der Waals surface area contributed by atoms with Crippen LogP contribution in [0.3, 0.4) is 0 Å². The fourth-order valence-corrected chi connectivity index (χ4v) is 2.16. The van der Waals surface area contributed by atoms with Crippen molar-refractivity contribution in [2.45, 2.75) is 24.2 Å². The van der Waals surface area contributed by atoms with Gasteiger partial charge in [-0.1, -0.05) is 0 Å². The summed E-state index contributed by atoms with van der Waals surface area (Å²) in [5, 5.41) is 35.9. The van der Waals surface area contributed by atoms with Gasteiger partial charge in [-0.2, -0.15) is 0 Å². The summed E-state index contributed by atoms with van der Waals surface area (Å²) in [6.07, 6.45) is -1.31. The highest BCUT2D eigenvalue weighted by atomic mass is 16.6. The van der Waals surface area contributed by atoms with Gasteiger partial charge in [0.25, 0.3) is 5.91 Å². The molecule has 20 heavy (non-hydrogen) atoms. The first-order valence-electron chi connectivity index (χ1n) is 5.68. The van der Waals surface area contributed by atoms with Crippen molar-refractivity contribution in [1.82, 2.24) is 15.2 Å². The van der Waals surface area contributed by atoms with Gasteiger partial charge < -0.3 is 25.8 Å². The Balaban J connectivity index is 2.56. The minimum atomic E-state index is -2.37. The van der Waals surface area contributed by atoms with E-state index in [0.717, 1.165) is 6.92 Å². The van der Waals surface area contributed by atoms with E-state index in [1.165, 1.54) is 0 Å². The first kappa shape index (κ1) is 14.5. The van der Waals surface area contributed by atoms with E-state index in [9.17, 15) is 24.9 Å². The molecule has 1 aromatic rings. The summed E-state index contributed by atoms with van der Waals surface area (Å²) >= 11 is 0. The maximum atomic E-state index is 11.6. The summed E-state index contributed by atoms with van der Waals surface area (Å²) in [6.45, 7) is -0.158. The molecule has 1 saturated heterocycles. The number of aromatic nitrogens is 3. The SMILES string of the molecule is CC(=O)[C@]1(O)CO[C@H](CO)[C@@]1(O)c1nc(C(N)=O)n[nH]1. The number of hydrogen-bond donors (Lipinski definition) is 5. The number of hydrogen-bond acceptors (Lipinski definition) is 8. The molecular weight excluding hydrogens is 272 g/mol. The number of ether oxygens (including phenoxy) is 1. The second-order valence-corrected chi connectivity index (χ2v) is 4.54. The van der Waals surface area contributed by atoms with E-state index in [1.807, 2.05) is 0 Å². The highest BCUT2D eigenvalue weighted by Crippen LogP contribution is 2.42. The number of aliphatic hydroxyl groups is 3. The van der Waals surface area contributed by atoms with Crippen LogP contribution < -0.4 is 5.73 Å². The number of carbonyl (C=O) groups excluding carboxylic acids is 2. The molecule has 1 fully saturated rings. The predicted octanol–water partition coefficient (Wildman–Crippen LogP) is -3.20. The molecular formula is C10H14N4O6. The molecule has 0 unspecified atom stereocenters. The minimum absolute atomic E-state index is 0.388. The summed E-state index contributed by atoms with van der Waals surface area (Å²) in [4.78, 5) is 26.2. The number of carbonyl (C=O) groups is 2. The molecule has 1 aliphatic heterocycles. The van der Waals surface area contributed by atoms with Crippen LogP contribution in [0.5, 0.6) is 0 Å². The van der Waals surface area contributed by atoms with Crippen LogP contribution in [0.2, 0.25) is 0 Å². The van der Waals surface area contributed by atoms with Crippen LogP contribution >= 0.6 is 0 Å². The van der Waals surface area contributed by atoms with Gasteiger partial charge in [0.05, 0.1) is 13.2 Å². The molecule has 0 bridgehead atoms. The van der Waals surface area contributed by atoms with E-state index in [4.69, 9.17) is 10.5 Å². The number of amides is 1. The lowest BCUT2D eigenvalue weighted by atomic mass is 9.78. The molecule has 0 saturated carbocycles. The topological polar surface area (TPSA) is 172 Å². The van der Waals surface area contributed by atoms with E-state index >= 15 is 0 Å². The fraction of sp³-hybridized carbons (Fsp3) is 0.600. The van der Waals surface area contributed by atoms with Crippen molar-refractivity contribution < 1.29 is 29.6 Å². The van der Waals surface area contributed by atoms with E-state index in [0.29, 0.717) is 0 Å². The summed E-state index contributed by atoms with van der Waals surface area (Å²) in [7, 11) is 0. The molecule has 2 heterocycles. The molecule has 0 spiro atoms. The van der Waals surface area contributed by atoms with Crippen molar-refractivity contribution in [1.29, 1.82) is 0 Å². The maximum absolute atomic E-state index is 11.6. The fourth-order valence-electron chi connectivity index (χ4n) is 2.16. The number of nitrogens with one attached hydrogen (secondary N) is 1. The van der Waals surface area contributed by atoms with Crippen LogP contribution in [0, 0.1) is 0 Å². The van der Waals surface area contributed by atoms with Crippen molar-refractivity contribution >= 4 is 11.7 Å². The number of aliphatic hydroxyl groups excluding tert-OH is 1. The molecule has 0 aromatic carbocycles. The summed E-state index contributed by atoms with van der Waals surface area (Å²) in [5.41, 5.74) is 0.296. The van der Waals surface area contributed by atoms with Gasteiger partial charge >= 0.3 is 0 Å². The zero-order chi connectivity index (χ0) is 15.1. The predicted molar refractivity (Wildman–Crippen MR) is 61.3 cm³/mol. The molecule has 10 nitrogen and oxygen atoms in total. The molecule has 0 aliphatic carbocycles. The first-order valence-corrected chi connectivity index (χ1v) is 5.68. The van der Waals surface area contributed by atoms with Gasteiger partial charge in [-0.3, -0.25) is 14.7 Å². The Morgan fingerprint density at radius 1 is 1.55 bits per heavy atom. The van der Waals surface area contributed by atoms with E-state index in [2.05, 4.69) is 15.2 Å². The van der Waals surface area contributed by atoms with Crippen LogP contribution in [0.1, 0.15) is 23.4 Å². The first-order chi connectivity index (χ1) is 9.27. The van der Waals surface area contributed by atoms with Gasteiger partial charge in [-0.05, 0) is 6.92 Å². The third-order valence-corrected chi connectivity index (χ3v) is 3.40. The quantitative estimate of drug-likeness (QED) is 0.385. The standard InChI is InChI=1S/C10H14N4O6/c1-4(16)9(18)3-20-5(2-15)10(9,19)8-12-7(6(11)17)13-14-8/h5,15,18-19H,2-3H2,1H3,(H2,11,17)(H,12,13,14)/t5-,9-,10-/m1/s1. The average molecular weight is 286 g/mol. The molecule has 110 valence electrons. The van der Waals surface area contributed by atoms with Gasteiger partial charge in [0.1, 0.15) is 6.10 Å². The zero-order valence-corrected chi connectivity index (χ0v) is 10.5. The Morgan fingerprint density at radius 2 is 2.20 bits per heavy atom. The van der Waals surface area contributed by atoms with Crippen molar-refractivity contribution in [2.75, 3.05) is 13.2 Å². The number of nitrogens with zero attached hydrogens (tertiary/aromatic N) is 2. The monoisotopic (exact) mass is 286 g/mol. The molecule has 3 atom stereocenters. The van der Waals surface area contributed by atoms with Gasteiger partial charge in [-0.25, -0.2) is 4.98 Å². The lowest BCUT2D eigenvalue weighted by Gasteiger charge is -2.34. The minimum Gasteiger partial charge on any atom is -0.394 e. The molecule has 1 aromatic heterocycles. The van der Waals surface area contributed by atoms with Crippen molar-refractivity contribution in [3.63, 3.8) is 0 Å². The highest BCUT2D eigenvalue weighted by Gasteiger charge is 2.66. The van der Waals surface area contributed by atoms with Crippen LogP contribution in [-0.4, -0.2) is 67.1 Å². The van der Waals surface area contributed by atoms with Gasteiger partial charge in [-0.15, -0.1) is 5.10 Å². The lowest BCUT2D eigenvalue weighted by Crippen LogP contribution is -2.59. The Labute approximate surface area is 112 Å². The van der Waals surface area contributed by atoms with Crippen molar-refractivity contribution in [3.05, 3.63) is 11.6 Å². The highest BCUT2D eigenvalue weighted by molar-refractivity contribution is 5.89. The molecule has 2 rings (SSSR count). The normalized spacial score (nSPS) is 33.3. The van der Waals surface area contributed by atoms with Gasteiger partial charge in [0.2, 0.25) is 5.82 Å². The Morgan fingerprint density at radius 3 is 2.65 bits per heavy atom. The van der Waals surface area contributed by atoms with Crippen molar-refractivity contribution in [3.8, 4) is 0 Å². The average Bonchev–Trinajstić information content (AvgIpc) is 2.96. The molecule has 0 radical (unpaired) electrons. The van der Waals surface area contributed by atoms with Crippen molar-refractivity contribution in [2.24, 2.45) is 5.73 Å². The Bertz CT molecular complexity index is 560. The maximum Gasteiger partial charge on any atom is 0.288 e. The third kappa shape index (κ3) is 1.73. The smallest absolute Gasteiger partial charge is 0.288 e. The van der Waals surface area contributed by atoms with Crippen LogP contribution in [0.4, 0.5) is 0 Å². The van der Waals surface area contributed by atoms with Crippen LogP contribution in [0.15, 0.2) is 0 Å². The Hall–Kier alpha value is -1.88. The van der Waals surface area contributed by atoms with E-state index in [1.54, 1.807) is 0 Å². The zero-order valence-electron chi connectivity index (χ0n) is 10.5. The molecule has 6 N–H and O–H groups in total. The summed E-state index contributed by atoms with van der Waals surface area (Å²) in [5.74, 6) is -2.56. The number of ketones is 1. The summed E-state index contributed by atoms with van der Waals surface area (Å²) in [6, 6.07) is 0. The second kappa shape index (κ2) is 4.59. The number of nitrogens with two attached hydrogens (primary N) is 1. The number of primary amides is 1. The molecule has 1 aliphatic rings. The number of aromatic amines is 1. The van der Waals surface area contributed by atoms with Gasteiger partial charge in [0, 0.05) is 0 Å². The van der Waals surface area contributed by atoms with E-state index in [-0.39, 0.29) is 5.82 Å². The number of Topliss-reactive ketones (excluding diaryl/α,β-unsaturated/α-hetero) is 1. The van der Waals surface area contributed by atoms with Gasteiger partial charge in [0.15, 0.2) is 22.8 Å². The lowest BCUT2D eigenvalue weighted by molar-refractivity contribution is -0.170. The molecule has 1 amide bonds. The largest absolute Gasteiger partial charge is 0.394 e. The second-order valence-electron chi connectivity index (χ2n) is 4.54. The van der Waals surface area contributed by atoms with E-state index < -0.39 is 48.0 Å². The summed E-state index contributed by atoms with van der Waals surface area (Å²) < 4.78 is 5.04. The van der Waals surface area contributed by atoms with Crippen LogP contribution in [0.25, 0.3) is 0 Å².